The summed E-state index contributed by atoms with van der Waals surface area (Å²) in [6.07, 6.45) is 2.67. The molecule has 0 unspecified atom stereocenters. The molecule has 1 fully saturated rings. The van der Waals surface area contributed by atoms with E-state index >= 15 is 0 Å². The molecule has 1 aliphatic rings. The van der Waals surface area contributed by atoms with Gasteiger partial charge in [0, 0.05) is 29.9 Å². The molecule has 0 atom stereocenters. The SMILES string of the molecule is Cc1ccc(C(=O)Nc2ccccc2S(=O)(=O)N2CCCCC2)cc1NC(=O)c1ccccc1. The number of benzene rings is 3. The Morgan fingerprint density at radius 2 is 1.35 bits per heavy atom. The molecule has 3 aromatic carbocycles. The topological polar surface area (TPSA) is 95.6 Å². The lowest BCUT2D eigenvalue weighted by Crippen LogP contribution is -2.36. The van der Waals surface area contributed by atoms with Crippen molar-refractivity contribution in [3.8, 4) is 0 Å². The van der Waals surface area contributed by atoms with E-state index in [1.807, 2.05) is 13.0 Å². The molecule has 0 radical (unpaired) electrons. The zero-order chi connectivity index (χ0) is 24.1. The predicted octanol–water partition coefficient (Wildman–Crippen LogP) is 4.67. The van der Waals surface area contributed by atoms with Crippen molar-refractivity contribution in [1.82, 2.24) is 4.31 Å². The zero-order valence-corrected chi connectivity index (χ0v) is 19.8. The minimum absolute atomic E-state index is 0.0787. The summed E-state index contributed by atoms with van der Waals surface area (Å²) < 4.78 is 27.9. The van der Waals surface area contributed by atoms with Gasteiger partial charge < -0.3 is 10.6 Å². The number of piperidine rings is 1. The molecule has 176 valence electrons. The summed E-state index contributed by atoms with van der Waals surface area (Å²) in [6.45, 7) is 2.79. The van der Waals surface area contributed by atoms with Crippen molar-refractivity contribution in [2.24, 2.45) is 0 Å². The van der Waals surface area contributed by atoms with Crippen molar-refractivity contribution in [3.05, 3.63) is 89.5 Å². The van der Waals surface area contributed by atoms with Crippen LogP contribution >= 0.6 is 0 Å². The normalized spacial score (nSPS) is 14.4. The second-order valence-electron chi connectivity index (χ2n) is 8.26. The number of sulfonamides is 1. The molecular formula is C26H27N3O4S. The average molecular weight is 478 g/mol. The smallest absolute Gasteiger partial charge is 0.255 e. The maximum atomic E-state index is 13.2. The van der Waals surface area contributed by atoms with Crippen molar-refractivity contribution in [2.45, 2.75) is 31.1 Å². The van der Waals surface area contributed by atoms with Crippen molar-refractivity contribution in [2.75, 3.05) is 23.7 Å². The van der Waals surface area contributed by atoms with E-state index in [0.717, 1.165) is 24.8 Å². The van der Waals surface area contributed by atoms with Gasteiger partial charge in [-0.3, -0.25) is 9.59 Å². The van der Waals surface area contributed by atoms with Crippen molar-refractivity contribution in [3.63, 3.8) is 0 Å². The highest BCUT2D eigenvalue weighted by molar-refractivity contribution is 7.89. The highest BCUT2D eigenvalue weighted by Gasteiger charge is 2.28. The Morgan fingerprint density at radius 1 is 0.735 bits per heavy atom. The van der Waals surface area contributed by atoms with Crippen LogP contribution in [-0.2, 0) is 10.0 Å². The summed E-state index contributed by atoms with van der Waals surface area (Å²) in [5, 5.41) is 5.59. The summed E-state index contributed by atoms with van der Waals surface area (Å²) in [5.74, 6) is -0.740. The van der Waals surface area contributed by atoms with E-state index in [1.54, 1.807) is 60.7 Å². The molecule has 1 saturated heterocycles. The molecule has 2 amide bonds. The lowest BCUT2D eigenvalue weighted by Gasteiger charge is -2.26. The van der Waals surface area contributed by atoms with Crippen LogP contribution in [0.2, 0.25) is 0 Å². The third-order valence-electron chi connectivity index (χ3n) is 5.85. The molecule has 2 N–H and O–H groups in total. The first kappa shape index (κ1) is 23.7. The van der Waals surface area contributed by atoms with Crippen LogP contribution in [0.4, 0.5) is 11.4 Å². The zero-order valence-electron chi connectivity index (χ0n) is 19.0. The van der Waals surface area contributed by atoms with Crippen LogP contribution in [0.25, 0.3) is 0 Å². The molecule has 0 spiro atoms. The van der Waals surface area contributed by atoms with Gasteiger partial charge in [0.1, 0.15) is 4.90 Å². The van der Waals surface area contributed by atoms with Gasteiger partial charge in [0.2, 0.25) is 10.0 Å². The minimum Gasteiger partial charge on any atom is -0.322 e. The highest BCUT2D eigenvalue weighted by Crippen LogP contribution is 2.27. The van der Waals surface area contributed by atoms with Gasteiger partial charge in [0.15, 0.2) is 0 Å². The minimum atomic E-state index is -3.72. The Bertz CT molecular complexity index is 1300. The monoisotopic (exact) mass is 477 g/mol. The lowest BCUT2D eigenvalue weighted by atomic mass is 10.1. The van der Waals surface area contributed by atoms with E-state index in [4.69, 9.17) is 0 Å². The average Bonchev–Trinajstić information content (AvgIpc) is 2.86. The number of carbonyl (C=O) groups excluding carboxylic acids is 2. The van der Waals surface area contributed by atoms with E-state index in [2.05, 4.69) is 10.6 Å². The molecule has 7 nitrogen and oxygen atoms in total. The van der Waals surface area contributed by atoms with Gasteiger partial charge in [0.05, 0.1) is 5.69 Å². The van der Waals surface area contributed by atoms with Crippen molar-refractivity contribution in [1.29, 1.82) is 0 Å². The summed E-state index contributed by atoms with van der Waals surface area (Å²) in [4.78, 5) is 25.7. The summed E-state index contributed by atoms with van der Waals surface area (Å²) in [6, 6.07) is 20.2. The lowest BCUT2D eigenvalue weighted by molar-refractivity contribution is 0.101. The van der Waals surface area contributed by atoms with E-state index in [0.29, 0.717) is 29.9 Å². The number of carbonyl (C=O) groups is 2. The molecule has 1 heterocycles. The molecular weight excluding hydrogens is 450 g/mol. The molecule has 0 aromatic heterocycles. The molecule has 34 heavy (non-hydrogen) atoms. The molecule has 8 heteroatoms. The number of nitrogens with zero attached hydrogens (tertiary/aromatic N) is 1. The first-order valence-electron chi connectivity index (χ1n) is 11.2. The number of hydrogen-bond donors (Lipinski definition) is 2. The van der Waals surface area contributed by atoms with E-state index in [1.165, 1.54) is 10.4 Å². The van der Waals surface area contributed by atoms with Crippen molar-refractivity contribution < 1.29 is 18.0 Å². The summed E-state index contributed by atoms with van der Waals surface area (Å²) >= 11 is 0. The van der Waals surface area contributed by atoms with Crippen molar-refractivity contribution >= 4 is 33.2 Å². The standard InChI is InChI=1S/C26H27N3O4S/c1-19-14-15-21(18-23(19)28-25(30)20-10-4-2-5-11-20)26(31)27-22-12-6-7-13-24(22)34(32,33)29-16-8-3-9-17-29/h2,4-7,10-15,18H,3,8-9,16-17H2,1H3,(H,27,31)(H,28,30). The Hall–Kier alpha value is -3.49. The highest BCUT2D eigenvalue weighted by atomic mass is 32.2. The number of amides is 2. The largest absolute Gasteiger partial charge is 0.322 e. The second-order valence-corrected chi connectivity index (χ2v) is 10.2. The Balaban J connectivity index is 1.56. The fourth-order valence-electron chi connectivity index (χ4n) is 3.92. The fourth-order valence-corrected chi connectivity index (χ4v) is 5.58. The van der Waals surface area contributed by atoms with E-state index in [-0.39, 0.29) is 16.5 Å². The summed E-state index contributed by atoms with van der Waals surface area (Å²) in [5.41, 5.74) is 2.35. The number of hydrogen-bond acceptors (Lipinski definition) is 4. The number of nitrogens with one attached hydrogen (secondary N) is 2. The van der Waals surface area contributed by atoms with Crippen LogP contribution < -0.4 is 10.6 Å². The van der Waals surface area contributed by atoms with Crippen LogP contribution in [0.15, 0.2) is 77.7 Å². The molecule has 4 rings (SSSR count). The molecule has 0 bridgehead atoms. The number of anilines is 2. The first-order valence-corrected chi connectivity index (χ1v) is 12.7. The number of para-hydroxylation sites is 1. The van der Waals surface area contributed by atoms with Gasteiger partial charge in [-0.25, -0.2) is 8.42 Å². The molecule has 0 aliphatic carbocycles. The van der Waals surface area contributed by atoms with Gasteiger partial charge >= 0.3 is 0 Å². The second kappa shape index (κ2) is 10.2. The van der Waals surface area contributed by atoms with Crippen LogP contribution in [-0.4, -0.2) is 37.6 Å². The summed E-state index contributed by atoms with van der Waals surface area (Å²) in [7, 11) is -3.72. The third-order valence-corrected chi connectivity index (χ3v) is 7.81. The maximum absolute atomic E-state index is 13.2. The fraction of sp³-hybridized carbons (Fsp3) is 0.231. The molecule has 0 saturated carbocycles. The molecule has 1 aliphatic heterocycles. The number of aryl methyl sites for hydroxylation is 1. The van der Waals surface area contributed by atoms with Crippen LogP contribution in [0.5, 0.6) is 0 Å². The van der Waals surface area contributed by atoms with E-state index < -0.39 is 15.9 Å². The van der Waals surface area contributed by atoms with Gasteiger partial charge in [0.25, 0.3) is 11.8 Å². The van der Waals surface area contributed by atoms with Gasteiger partial charge in [-0.1, -0.05) is 42.8 Å². The molecule has 3 aromatic rings. The quantitative estimate of drug-likeness (QED) is 0.539. The Morgan fingerprint density at radius 3 is 2.09 bits per heavy atom. The Labute approximate surface area is 199 Å². The van der Waals surface area contributed by atoms with Crippen LogP contribution in [0.1, 0.15) is 45.5 Å². The number of rotatable bonds is 6. The van der Waals surface area contributed by atoms with Crippen LogP contribution in [0.3, 0.4) is 0 Å². The van der Waals surface area contributed by atoms with Gasteiger partial charge in [-0.05, 0) is 61.7 Å². The Kier molecular flexibility index (Phi) is 7.09. The van der Waals surface area contributed by atoms with Gasteiger partial charge in [-0.2, -0.15) is 4.31 Å². The first-order chi connectivity index (χ1) is 16.4. The third kappa shape index (κ3) is 5.18. The van der Waals surface area contributed by atoms with E-state index in [9.17, 15) is 18.0 Å². The van der Waals surface area contributed by atoms with Gasteiger partial charge in [-0.15, -0.1) is 0 Å². The predicted molar refractivity (Wildman–Crippen MR) is 133 cm³/mol. The van der Waals surface area contributed by atoms with Crippen LogP contribution in [0, 0.1) is 6.92 Å². The maximum Gasteiger partial charge on any atom is 0.255 e.